The lowest BCUT2D eigenvalue weighted by atomic mass is 9.91. The molecule has 2 amide bonds. The number of piperazine rings is 1. The van der Waals surface area contributed by atoms with Crippen LogP contribution in [-0.2, 0) is 9.59 Å². The third kappa shape index (κ3) is 2.78. The number of hydrogen-bond donors (Lipinski definition) is 1. The van der Waals surface area contributed by atoms with Gasteiger partial charge in [-0.2, -0.15) is 0 Å². The SMILES string of the molecule is CN1CCN(c2cccc(C3CCCNC3)c2)C(=O)C1=O. The van der Waals surface area contributed by atoms with Crippen LogP contribution in [0.2, 0.25) is 0 Å². The predicted octanol–water partition coefficient (Wildman–Crippen LogP) is 0.959. The second kappa shape index (κ2) is 5.85. The van der Waals surface area contributed by atoms with Crippen molar-refractivity contribution in [1.29, 1.82) is 0 Å². The van der Waals surface area contributed by atoms with Crippen molar-refractivity contribution in [2.45, 2.75) is 18.8 Å². The largest absolute Gasteiger partial charge is 0.336 e. The lowest BCUT2D eigenvalue weighted by molar-refractivity contribution is -0.145. The van der Waals surface area contributed by atoms with Gasteiger partial charge in [-0.25, -0.2) is 0 Å². The summed E-state index contributed by atoms with van der Waals surface area (Å²) in [6.07, 6.45) is 2.35. The summed E-state index contributed by atoms with van der Waals surface area (Å²) < 4.78 is 0. The minimum atomic E-state index is -0.428. The Morgan fingerprint density at radius 1 is 1.19 bits per heavy atom. The number of carbonyl (C=O) groups excluding carboxylic acids is 2. The Labute approximate surface area is 124 Å². The molecule has 2 aliphatic heterocycles. The minimum Gasteiger partial charge on any atom is -0.336 e. The second-order valence-electron chi connectivity index (χ2n) is 5.82. The van der Waals surface area contributed by atoms with Crippen molar-refractivity contribution in [3.05, 3.63) is 29.8 Å². The van der Waals surface area contributed by atoms with Gasteiger partial charge in [0.25, 0.3) is 0 Å². The molecular formula is C16H21N3O2. The summed E-state index contributed by atoms with van der Waals surface area (Å²) in [6, 6.07) is 8.07. The first-order valence-corrected chi connectivity index (χ1v) is 7.54. The number of carbonyl (C=O) groups is 2. The van der Waals surface area contributed by atoms with Gasteiger partial charge in [-0.05, 0) is 43.0 Å². The Hall–Kier alpha value is -1.88. The third-order valence-electron chi connectivity index (χ3n) is 4.38. The molecule has 5 nitrogen and oxygen atoms in total. The van der Waals surface area contributed by atoms with Crippen molar-refractivity contribution in [1.82, 2.24) is 10.2 Å². The summed E-state index contributed by atoms with van der Waals surface area (Å²) in [5.74, 6) is -0.356. The number of amides is 2. The number of benzene rings is 1. The maximum absolute atomic E-state index is 12.1. The molecule has 3 rings (SSSR count). The molecule has 1 aromatic carbocycles. The second-order valence-corrected chi connectivity index (χ2v) is 5.82. The van der Waals surface area contributed by atoms with E-state index in [1.54, 1.807) is 11.9 Å². The fourth-order valence-electron chi connectivity index (χ4n) is 3.06. The van der Waals surface area contributed by atoms with Crippen LogP contribution in [0.3, 0.4) is 0 Å². The highest BCUT2D eigenvalue weighted by molar-refractivity contribution is 6.40. The van der Waals surface area contributed by atoms with E-state index in [-0.39, 0.29) is 0 Å². The van der Waals surface area contributed by atoms with Gasteiger partial charge in [0.2, 0.25) is 0 Å². The quantitative estimate of drug-likeness (QED) is 0.824. The summed E-state index contributed by atoms with van der Waals surface area (Å²) in [5.41, 5.74) is 2.09. The van der Waals surface area contributed by atoms with Gasteiger partial charge in [0.05, 0.1) is 0 Å². The fourth-order valence-corrected chi connectivity index (χ4v) is 3.06. The van der Waals surface area contributed by atoms with Crippen LogP contribution in [0.25, 0.3) is 0 Å². The number of hydrogen-bond acceptors (Lipinski definition) is 3. The third-order valence-corrected chi connectivity index (χ3v) is 4.38. The Morgan fingerprint density at radius 3 is 2.81 bits per heavy atom. The highest BCUT2D eigenvalue weighted by Crippen LogP contribution is 2.27. The maximum Gasteiger partial charge on any atom is 0.316 e. The average Bonchev–Trinajstić information content (AvgIpc) is 2.54. The molecule has 0 aromatic heterocycles. The normalized spacial score (nSPS) is 23.6. The van der Waals surface area contributed by atoms with Crippen molar-refractivity contribution in [2.24, 2.45) is 0 Å². The van der Waals surface area contributed by atoms with Crippen LogP contribution < -0.4 is 10.2 Å². The standard InChI is InChI=1S/C16H21N3O2/c1-18-8-9-19(16(21)15(18)20)14-6-2-4-12(10-14)13-5-3-7-17-11-13/h2,4,6,10,13,17H,3,5,7-9,11H2,1H3. The fraction of sp³-hybridized carbons (Fsp3) is 0.500. The van der Waals surface area contributed by atoms with Gasteiger partial charge in [-0.3, -0.25) is 9.59 Å². The molecule has 1 N–H and O–H groups in total. The summed E-state index contributed by atoms with van der Waals surface area (Å²) in [5, 5.41) is 3.41. The first-order valence-electron chi connectivity index (χ1n) is 7.54. The van der Waals surface area contributed by atoms with E-state index in [1.807, 2.05) is 12.1 Å². The summed E-state index contributed by atoms with van der Waals surface area (Å²) in [7, 11) is 1.67. The molecule has 112 valence electrons. The summed E-state index contributed by atoms with van der Waals surface area (Å²) in [4.78, 5) is 27.0. The zero-order chi connectivity index (χ0) is 14.8. The molecule has 2 aliphatic rings. The van der Waals surface area contributed by atoms with Crippen molar-refractivity contribution in [2.75, 3.05) is 38.1 Å². The molecule has 5 heteroatoms. The summed E-state index contributed by atoms with van der Waals surface area (Å²) >= 11 is 0. The van der Waals surface area contributed by atoms with E-state index in [0.29, 0.717) is 19.0 Å². The zero-order valence-corrected chi connectivity index (χ0v) is 12.3. The van der Waals surface area contributed by atoms with Gasteiger partial charge in [0.15, 0.2) is 0 Å². The van der Waals surface area contributed by atoms with Crippen molar-refractivity contribution >= 4 is 17.5 Å². The summed E-state index contributed by atoms with van der Waals surface area (Å²) in [6.45, 7) is 3.22. The predicted molar refractivity (Wildman–Crippen MR) is 81.3 cm³/mol. The van der Waals surface area contributed by atoms with Crippen molar-refractivity contribution < 1.29 is 9.59 Å². The molecule has 0 aliphatic carbocycles. The molecule has 0 radical (unpaired) electrons. The highest BCUT2D eigenvalue weighted by Gasteiger charge is 2.31. The molecule has 1 unspecified atom stereocenters. The molecule has 1 atom stereocenters. The molecule has 0 spiro atoms. The van der Waals surface area contributed by atoms with Crippen LogP contribution in [0.5, 0.6) is 0 Å². The van der Waals surface area contributed by atoms with Gasteiger partial charge >= 0.3 is 11.8 Å². The Bertz CT molecular complexity index is 552. The lowest BCUT2D eigenvalue weighted by Gasteiger charge is -2.32. The molecule has 21 heavy (non-hydrogen) atoms. The van der Waals surface area contributed by atoms with Crippen LogP contribution in [-0.4, -0.2) is 49.9 Å². The molecule has 0 bridgehead atoms. The number of nitrogens with zero attached hydrogens (tertiary/aromatic N) is 2. The van der Waals surface area contributed by atoms with Gasteiger partial charge in [-0.1, -0.05) is 12.1 Å². The van der Waals surface area contributed by atoms with E-state index in [0.717, 1.165) is 18.8 Å². The van der Waals surface area contributed by atoms with E-state index in [4.69, 9.17) is 0 Å². The molecule has 2 fully saturated rings. The number of rotatable bonds is 2. The number of likely N-dealkylation sites (N-methyl/N-ethyl adjacent to an activating group) is 1. The number of nitrogens with one attached hydrogen (secondary N) is 1. The van der Waals surface area contributed by atoms with Crippen LogP contribution in [0, 0.1) is 0 Å². The van der Waals surface area contributed by atoms with E-state index in [9.17, 15) is 9.59 Å². The molecule has 0 saturated carbocycles. The Morgan fingerprint density at radius 2 is 2.05 bits per heavy atom. The smallest absolute Gasteiger partial charge is 0.316 e. The Balaban J connectivity index is 1.82. The minimum absolute atomic E-state index is 0.425. The van der Waals surface area contributed by atoms with Gasteiger partial charge < -0.3 is 15.1 Å². The van der Waals surface area contributed by atoms with Gasteiger partial charge in [-0.15, -0.1) is 0 Å². The van der Waals surface area contributed by atoms with E-state index < -0.39 is 11.8 Å². The lowest BCUT2D eigenvalue weighted by Crippen LogP contribution is -2.53. The van der Waals surface area contributed by atoms with Gasteiger partial charge in [0, 0.05) is 32.4 Å². The van der Waals surface area contributed by atoms with Crippen molar-refractivity contribution in [3.8, 4) is 0 Å². The number of piperidine rings is 1. The average molecular weight is 287 g/mol. The first kappa shape index (κ1) is 14.1. The van der Waals surface area contributed by atoms with E-state index >= 15 is 0 Å². The van der Waals surface area contributed by atoms with Crippen molar-refractivity contribution in [3.63, 3.8) is 0 Å². The molecular weight excluding hydrogens is 266 g/mol. The van der Waals surface area contributed by atoms with Crippen LogP contribution in [0.4, 0.5) is 5.69 Å². The highest BCUT2D eigenvalue weighted by atomic mass is 16.2. The topological polar surface area (TPSA) is 52.6 Å². The van der Waals surface area contributed by atoms with E-state index in [2.05, 4.69) is 17.4 Å². The van der Waals surface area contributed by atoms with Crippen LogP contribution >= 0.6 is 0 Å². The Kier molecular flexibility index (Phi) is 3.92. The molecule has 2 heterocycles. The molecule has 1 aromatic rings. The molecule has 2 saturated heterocycles. The zero-order valence-electron chi connectivity index (χ0n) is 12.3. The number of anilines is 1. The monoisotopic (exact) mass is 287 g/mol. The van der Waals surface area contributed by atoms with Crippen LogP contribution in [0.15, 0.2) is 24.3 Å². The maximum atomic E-state index is 12.1. The first-order chi connectivity index (χ1) is 10.2. The van der Waals surface area contributed by atoms with Crippen LogP contribution in [0.1, 0.15) is 24.3 Å². The van der Waals surface area contributed by atoms with E-state index in [1.165, 1.54) is 23.3 Å². The van der Waals surface area contributed by atoms with Gasteiger partial charge in [0.1, 0.15) is 0 Å².